The quantitative estimate of drug-likeness (QED) is 0.580. The van der Waals surface area contributed by atoms with Crippen LogP contribution < -0.4 is 10.6 Å². The highest BCUT2D eigenvalue weighted by molar-refractivity contribution is 5.89. The number of likely N-dealkylation sites (tertiary alicyclic amines) is 1. The van der Waals surface area contributed by atoms with Crippen LogP contribution in [0.15, 0.2) is 48.5 Å². The van der Waals surface area contributed by atoms with Gasteiger partial charge in [-0.2, -0.15) is 0 Å². The van der Waals surface area contributed by atoms with E-state index in [1.165, 1.54) is 0 Å². The van der Waals surface area contributed by atoms with Gasteiger partial charge in [-0.25, -0.2) is 4.79 Å². The molecule has 2 aliphatic rings. The van der Waals surface area contributed by atoms with Crippen LogP contribution in [0.2, 0.25) is 0 Å². The van der Waals surface area contributed by atoms with E-state index in [-0.39, 0.29) is 24.0 Å². The van der Waals surface area contributed by atoms with E-state index in [2.05, 4.69) is 15.5 Å². The van der Waals surface area contributed by atoms with Crippen molar-refractivity contribution in [1.29, 1.82) is 0 Å². The van der Waals surface area contributed by atoms with E-state index in [1.54, 1.807) is 0 Å². The number of amides is 2. The second-order valence-corrected chi connectivity index (χ2v) is 9.87. The molecule has 3 N–H and O–H groups in total. The van der Waals surface area contributed by atoms with Crippen molar-refractivity contribution in [3.05, 3.63) is 59.7 Å². The predicted octanol–water partition coefficient (Wildman–Crippen LogP) is 2.82. The second kappa shape index (κ2) is 9.46. The third kappa shape index (κ3) is 4.92. The molecule has 8 heteroatoms. The lowest BCUT2D eigenvalue weighted by Gasteiger charge is -2.28. The summed E-state index contributed by atoms with van der Waals surface area (Å²) in [5.74, 6) is -1.83. The van der Waals surface area contributed by atoms with Gasteiger partial charge < -0.3 is 25.4 Å². The molecule has 2 amide bonds. The summed E-state index contributed by atoms with van der Waals surface area (Å²) in [5.41, 5.74) is 4.20. The molecular weight excluding hydrogens is 434 g/mol. The molecule has 0 aromatic heterocycles. The Bertz CT molecular complexity index is 1050. The topological polar surface area (TPSA) is 108 Å². The van der Waals surface area contributed by atoms with E-state index in [4.69, 9.17) is 4.74 Å². The van der Waals surface area contributed by atoms with Gasteiger partial charge in [0.2, 0.25) is 5.91 Å². The van der Waals surface area contributed by atoms with Crippen molar-refractivity contribution in [3.63, 3.8) is 0 Å². The third-order valence-corrected chi connectivity index (χ3v) is 6.76. The molecule has 0 radical (unpaired) electrons. The Morgan fingerprint density at radius 1 is 1.09 bits per heavy atom. The maximum atomic E-state index is 12.9. The third-order valence-electron chi connectivity index (χ3n) is 6.76. The Labute approximate surface area is 199 Å². The number of benzene rings is 2. The number of hydrogen-bond acceptors (Lipinski definition) is 5. The van der Waals surface area contributed by atoms with E-state index in [9.17, 15) is 19.5 Å². The van der Waals surface area contributed by atoms with Gasteiger partial charge in [0.05, 0.1) is 6.42 Å². The van der Waals surface area contributed by atoms with Crippen molar-refractivity contribution >= 4 is 18.0 Å². The molecular formula is C26H31N3O5. The number of fused-ring (bicyclic) bond motifs is 3. The highest BCUT2D eigenvalue weighted by Crippen LogP contribution is 2.44. The zero-order chi connectivity index (χ0) is 24.5. The highest BCUT2D eigenvalue weighted by atomic mass is 16.5. The molecule has 2 aromatic rings. The van der Waals surface area contributed by atoms with Crippen LogP contribution in [-0.4, -0.2) is 66.8 Å². The van der Waals surface area contributed by atoms with E-state index in [0.29, 0.717) is 6.54 Å². The van der Waals surface area contributed by atoms with E-state index < -0.39 is 30.4 Å². The summed E-state index contributed by atoms with van der Waals surface area (Å²) in [6.45, 7) is 5.64. The summed E-state index contributed by atoms with van der Waals surface area (Å²) < 4.78 is 5.50. The van der Waals surface area contributed by atoms with Gasteiger partial charge in [-0.15, -0.1) is 0 Å². The lowest BCUT2D eigenvalue weighted by Crippen LogP contribution is -2.53. The molecule has 0 bridgehead atoms. The van der Waals surface area contributed by atoms with Gasteiger partial charge in [0.25, 0.3) is 0 Å². The highest BCUT2D eigenvalue weighted by Gasteiger charge is 2.40. The first-order valence-corrected chi connectivity index (χ1v) is 11.5. The first kappa shape index (κ1) is 23.8. The largest absolute Gasteiger partial charge is 0.481 e. The first-order chi connectivity index (χ1) is 16.2. The van der Waals surface area contributed by atoms with Crippen LogP contribution in [0.1, 0.15) is 37.3 Å². The molecule has 2 atom stereocenters. The lowest BCUT2D eigenvalue weighted by molar-refractivity contribution is -0.140. The summed E-state index contributed by atoms with van der Waals surface area (Å²) in [6.07, 6.45) is -1.34. The molecule has 1 aliphatic heterocycles. The van der Waals surface area contributed by atoms with Gasteiger partial charge in [-0.05, 0) is 34.7 Å². The molecule has 0 saturated carbocycles. The fraction of sp³-hybridized carbons (Fsp3) is 0.423. The number of hydrogen-bond donors (Lipinski definition) is 3. The van der Waals surface area contributed by atoms with Crippen LogP contribution >= 0.6 is 0 Å². The van der Waals surface area contributed by atoms with Crippen LogP contribution in [-0.2, 0) is 14.3 Å². The standard InChI is InChI=1S/C26H31N3O5/c1-26(2)15-29(3)13-22(26)28-24(32)21(12-23(30)31)27-25(33)34-14-20-18-10-6-4-8-16(18)17-9-5-7-11-19(17)20/h4-11,20-22H,12-15H2,1-3H3,(H,27,33)(H,28,32)(H,30,31). The SMILES string of the molecule is CN1CC(NC(=O)C(CC(=O)O)NC(=O)OCC2c3ccccc3-c3ccccc32)C(C)(C)C1. The minimum atomic E-state index is -1.23. The molecule has 2 aromatic carbocycles. The molecule has 0 spiro atoms. The number of nitrogens with zero attached hydrogens (tertiary/aromatic N) is 1. The van der Waals surface area contributed by atoms with Crippen LogP contribution in [0, 0.1) is 5.41 Å². The molecule has 1 aliphatic carbocycles. The molecule has 2 unspecified atom stereocenters. The Morgan fingerprint density at radius 3 is 2.21 bits per heavy atom. The maximum Gasteiger partial charge on any atom is 0.407 e. The number of carbonyl (C=O) groups excluding carboxylic acids is 2. The van der Waals surface area contributed by atoms with Crippen molar-refractivity contribution in [3.8, 4) is 11.1 Å². The lowest BCUT2D eigenvalue weighted by atomic mass is 9.87. The van der Waals surface area contributed by atoms with Crippen molar-refractivity contribution in [2.45, 2.75) is 38.3 Å². The van der Waals surface area contributed by atoms with Crippen LogP contribution in [0.5, 0.6) is 0 Å². The Hall–Kier alpha value is -3.39. The maximum absolute atomic E-state index is 12.9. The molecule has 8 nitrogen and oxygen atoms in total. The van der Waals surface area contributed by atoms with Gasteiger partial charge >= 0.3 is 12.1 Å². The predicted molar refractivity (Wildman–Crippen MR) is 127 cm³/mol. The molecule has 4 rings (SSSR count). The molecule has 1 fully saturated rings. The van der Waals surface area contributed by atoms with Crippen LogP contribution in [0.4, 0.5) is 4.79 Å². The first-order valence-electron chi connectivity index (χ1n) is 11.5. The molecule has 180 valence electrons. The fourth-order valence-electron chi connectivity index (χ4n) is 5.11. The minimum absolute atomic E-state index is 0.0850. The van der Waals surface area contributed by atoms with Crippen molar-refractivity contribution < 1.29 is 24.2 Å². The Balaban J connectivity index is 1.41. The van der Waals surface area contributed by atoms with Crippen LogP contribution in [0.25, 0.3) is 11.1 Å². The number of carbonyl (C=O) groups is 3. The summed E-state index contributed by atoms with van der Waals surface area (Å²) in [7, 11) is 1.97. The summed E-state index contributed by atoms with van der Waals surface area (Å²) in [4.78, 5) is 39.0. The van der Waals surface area contributed by atoms with Gasteiger partial charge in [0.1, 0.15) is 12.6 Å². The Morgan fingerprint density at radius 2 is 1.68 bits per heavy atom. The van der Waals surface area contributed by atoms with Gasteiger partial charge in [-0.3, -0.25) is 9.59 Å². The molecule has 1 saturated heterocycles. The minimum Gasteiger partial charge on any atom is -0.481 e. The average molecular weight is 466 g/mol. The number of aliphatic carboxylic acids is 1. The number of ether oxygens (including phenoxy) is 1. The monoisotopic (exact) mass is 465 g/mol. The summed E-state index contributed by atoms with van der Waals surface area (Å²) in [6, 6.07) is 14.6. The normalized spacial score (nSPS) is 19.7. The molecule has 34 heavy (non-hydrogen) atoms. The smallest absolute Gasteiger partial charge is 0.407 e. The molecule has 1 heterocycles. The number of carboxylic acid groups (broad SMARTS) is 1. The van der Waals surface area contributed by atoms with E-state index >= 15 is 0 Å². The van der Waals surface area contributed by atoms with Crippen molar-refractivity contribution in [1.82, 2.24) is 15.5 Å². The van der Waals surface area contributed by atoms with E-state index in [1.807, 2.05) is 69.4 Å². The second-order valence-electron chi connectivity index (χ2n) is 9.87. The average Bonchev–Trinajstić information content (AvgIpc) is 3.23. The van der Waals surface area contributed by atoms with Gasteiger partial charge in [0, 0.05) is 25.0 Å². The number of likely N-dealkylation sites (N-methyl/N-ethyl adjacent to an activating group) is 1. The number of carboxylic acids is 1. The van der Waals surface area contributed by atoms with Gasteiger partial charge in [0.15, 0.2) is 0 Å². The number of alkyl carbamates (subject to hydrolysis) is 1. The van der Waals surface area contributed by atoms with Gasteiger partial charge in [-0.1, -0.05) is 62.4 Å². The summed E-state index contributed by atoms with van der Waals surface area (Å²) in [5, 5.41) is 14.7. The van der Waals surface area contributed by atoms with E-state index in [0.717, 1.165) is 28.8 Å². The number of rotatable bonds is 7. The van der Waals surface area contributed by atoms with Crippen LogP contribution in [0.3, 0.4) is 0 Å². The summed E-state index contributed by atoms with van der Waals surface area (Å²) >= 11 is 0. The fourth-order valence-corrected chi connectivity index (χ4v) is 5.11. The van der Waals surface area contributed by atoms with Crippen molar-refractivity contribution in [2.75, 3.05) is 26.7 Å². The Kier molecular flexibility index (Phi) is 6.61. The van der Waals surface area contributed by atoms with Crippen molar-refractivity contribution in [2.24, 2.45) is 5.41 Å². The zero-order valence-corrected chi connectivity index (χ0v) is 19.7. The zero-order valence-electron chi connectivity index (χ0n) is 19.7. The number of nitrogens with one attached hydrogen (secondary N) is 2.